The molecule has 8 nitrogen and oxygen atoms in total. The Kier molecular flexibility index (Phi) is 11.9. The number of nitrogens with one attached hydrogen (secondary N) is 2. The van der Waals surface area contributed by atoms with Crippen LogP contribution >= 0.6 is 0 Å². The van der Waals surface area contributed by atoms with E-state index in [0.717, 1.165) is 12.8 Å². The molecule has 0 aliphatic heterocycles. The molecule has 1 rings (SSSR count). The lowest BCUT2D eigenvalue weighted by atomic mass is 9.89. The molecule has 210 valence electrons. The zero-order valence-electron chi connectivity index (χ0n) is 24.5. The number of nitrogens with zero attached hydrogens (tertiary/aromatic N) is 1. The lowest BCUT2D eigenvalue weighted by Crippen LogP contribution is -2.61. The predicted octanol–water partition coefficient (Wildman–Crippen LogP) is 5.69. The van der Waals surface area contributed by atoms with Crippen molar-refractivity contribution < 1.29 is 24.2 Å². The first kappa shape index (κ1) is 32.3. The first-order valence-electron chi connectivity index (χ1n) is 13.5. The van der Waals surface area contributed by atoms with E-state index in [9.17, 15) is 19.5 Å². The van der Waals surface area contributed by atoms with Gasteiger partial charge in [0.05, 0.1) is 0 Å². The number of carbonyl (C=O) groups excluding carboxylic acids is 3. The Hall–Kier alpha value is -2.77. The zero-order chi connectivity index (χ0) is 28.6. The second-order valence-electron chi connectivity index (χ2n) is 11.5. The average molecular weight is 520 g/mol. The highest BCUT2D eigenvalue weighted by Gasteiger charge is 2.45. The van der Waals surface area contributed by atoms with E-state index in [0.29, 0.717) is 18.4 Å². The Morgan fingerprint density at radius 2 is 1.59 bits per heavy atom. The maximum absolute atomic E-state index is 14.4. The summed E-state index contributed by atoms with van der Waals surface area (Å²) < 4.78 is 5.46. The minimum absolute atomic E-state index is 0.0734. The van der Waals surface area contributed by atoms with E-state index in [4.69, 9.17) is 4.74 Å². The van der Waals surface area contributed by atoms with Crippen molar-refractivity contribution in [1.82, 2.24) is 15.5 Å². The summed E-state index contributed by atoms with van der Waals surface area (Å²) in [6, 6.07) is 4.44. The van der Waals surface area contributed by atoms with Crippen LogP contribution in [-0.4, -0.2) is 51.1 Å². The first-order valence-corrected chi connectivity index (χ1v) is 13.5. The molecule has 3 N–H and O–H groups in total. The van der Waals surface area contributed by atoms with Crippen molar-refractivity contribution in [2.45, 2.75) is 124 Å². The Labute approximate surface area is 223 Å². The van der Waals surface area contributed by atoms with E-state index < -0.39 is 35.2 Å². The summed E-state index contributed by atoms with van der Waals surface area (Å²) in [6.45, 7) is 18.8. The second-order valence-corrected chi connectivity index (χ2v) is 11.5. The molecular weight excluding hydrogens is 470 g/mol. The van der Waals surface area contributed by atoms with Crippen LogP contribution in [0.5, 0.6) is 5.75 Å². The Bertz CT molecular complexity index is 909. The van der Waals surface area contributed by atoms with E-state index in [-0.39, 0.29) is 23.6 Å². The number of hydrogen-bond acceptors (Lipinski definition) is 5. The van der Waals surface area contributed by atoms with Crippen LogP contribution in [0.25, 0.3) is 0 Å². The van der Waals surface area contributed by atoms with Gasteiger partial charge in [-0.05, 0) is 66.4 Å². The molecule has 0 saturated heterocycles. The molecule has 0 fully saturated rings. The summed E-state index contributed by atoms with van der Waals surface area (Å²) >= 11 is 0. The van der Waals surface area contributed by atoms with E-state index in [1.54, 1.807) is 39.0 Å². The molecule has 4 unspecified atom stereocenters. The molecule has 1 aromatic rings. The molecule has 0 bridgehead atoms. The van der Waals surface area contributed by atoms with Gasteiger partial charge in [-0.15, -0.1) is 0 Å². The van der Waals surface area contributed by atoms with E-state index >= 15 is 0 Å². The van der Waals surface area contributed by atoms with Gasteiger partial charge in [-0.1, -0.05) is 58.7 Å². The molecule has 0 aliphatic carbocycles. The summed E-state index contributed by atoms with van der Waals surface area (Å²) in [5, 5.41) is 16.6. The molecule has 4 atom stereocenters. The van der Waals surface area contributed by atoms with Crippen molar-refractivity contribution in [3.05, 3.63) is 29.8 Å². The fraction of sp³-hybridized carbons (Fsp3) is 0.690. The van der Waals surface area contributed by atoms with E-state index in [1.807, 2.05) is 48.5 Å². The van der Waals surface area contributed by atoms with Crippen LogP contribution in [-0.2, 0) is 14.3 Å². The Balaban J connectivity index is 3.69. The van der Waals surface area contributed by atoms with Crippen LogP contribution in [0.15, 0.2) is 24.3 Å². The number of ether oxygens (including phenoxy) is 1. The highest BCUT2D eigenvalue weighted by Crippen LogP contribution is 2.36. The largest absolute Gasteiger partial charge is 0.508 e. The summed E-state index contributed by atoms with van der Waals surface area (Å²) in [4.78, 5) is 42.5. The third-order valence-corrected chi connectivity index (χ3v) is 6.75. The maximum atomic E-state index is 14.4. The summed E-state index contributed by atoms with van der Waals surface area (Å²) in [6.07, 6.45) is 2.14. The summed E-state index contributed by atoms with van der Waals surface area (Å²) in [7, 11) is 0. The molecule has 37 heavy (non-hydrogen) atoms. The number of carbonyl (C=O) groups is 3. The fourth-order valence-corrected chi connectivity index (χ4v) is 4.16. The molecule has 1 aromatic carbocycles. The molecule has 0 saturated carbocycles. The lowest BCUT2D eigenvalue weighted by molar-refractivity contribution is -0.150. The van der Waals surface area contributed by atoms with Crippen LogP contribution in [0.3, 0.4) is 0 Å². The average Bonchev–Trinajstić information content (AvgIpc) is 2.79. The van der Waals surface area contributed by atoms with Gasteiger partial charge in [-0.3, -0.25) is 9.59 Å². The Morgan fingerprint density at radius 1 is 1.00 bits per heavy atom. The van der Waals surface area contributed by atoms with Gasteiger partial charge < -0.3 is 25.4 Å². The quantitative estimate of drug-likeness (QED) is 0.329. The van der Waals surface area contributed by atoms with Crippen molar-refractivity contribution in [3.63, 3.8) is 0 Å². The number of para-hydroxylation sites is 1. The summed E-state index contributed by atoms with van der Waals surface area (Å²) in [5.41, 5.74) is -1.18. The normalized spacial score (nSPS) is 15.2. The SMILES string of the molecule is CCCC(C)NC(=O)C(c1ccccc1O)N(C(=O)C(NC(=O)OC(C)(C)C)C(C)CC)C(C)(C)CC. The molecule has 0 heterocycles. The van der Waals surface area contributed by atoms with Crippen molar-refractivity contribution in [2.75, 3.05) is 0 Å². The summed E-state index contributed by atoms with van der Waals surface area (Å²) in [5.74, 6) is -1.09. The molecule has 0 radical (unpaired) electrons. The topological polar surface area (TPSA) is 108 Å². The number of phenolic OH excluding ortho intramolecular Hbond substituents is 1. The van der Waals surface area contributed by atoms with Gasteiger partial charge in [0.15, 0.2) is 0 Å². The molecule has 0 spiro atoms. The number of rotatable bonds is 12. The van der Waals surface area contributed by atoms with Crippen molar-refractivity contribution in [1.29, 1.82) is 0 Å². The third kappa shape index (κ3) is 9.24. The molecular formula is C29H49N3O5. The number of hydrogen-bond donors (Lipinski definition) is 3. The van der Waals surface area contributed by atoms with Crippen molar-refractivity contribution >= 4 is 17.9 Å². The van der Waals surface area contributed by atoms with Crippen LogP contribution in [0, 0.1) is 5.92 Å². The van der Waals surface area contributed by atoms with Gasteiger partial charge in [0, 0.05) is 17.1 Å². The van der Waals surface area contributed by atoms with Gasteiger partial charge in [-0.25, -0.2) is 4.79 Å². The second kappa shape index (κ2) is 13.7. The molecule has 0 aliphatic rings. The number of phenols is 1. The monoisotopic (exact) mass is 519 g/mol. The minimum Gasteiger partial charge on any atom is -0.508 e. The smallest absolute Gasteiger partial charge is 0.408 e. The van der Waals surface area contributed by atoms with Gasteiger partial charge in [0.1, 0.15) is 23.4 Å². The van der Waals surface area contributed by atoms with Gasteiger partial charge in [0.25, 0.3) is 0 Å². The molecule has 3 amide bonds. The van der Waals surface area contributed by atoms with Crippen molar-refractivity contribution in [3.8, 4) is 5.75 Å². The van der Waals surface area contributed by atoms with Crippen molar-refractivity contribution in [2.24, 2.45) is 5.92 Å². The first-order chi connectivity index (χ1) is 17.1. The van der Waals surface area contributed by atoms with Gasteiger partial charge >= 0.3 is 6.09 Å². The fourth-order valence-electron chi connectivity index (χ4n) is 4.16. The Morgan fingerprint density at radius 3 is 2.08 bits per heavy atom. The standard InChI is InChI=1S/C29H49N3O5/c1-11-16-20(5)30-25(34)24(21-17-14-15-18-22(21)33)32(29(9,10)13-3)26(35)23(19(4)12-2)31-27(36)37-28(6,7)8/h14-15,17-20,23-24,33H,11-13,16H2,1-10H3,(H,30,34)(H,31,36). The van der Waals surface area contributed by atoms with Crippen LogP contribution < -0.4 is 10.6 Å². The van der Waals surface area contributed by atoms with Crippen LogP contribution in [0.4, 0.5) is 4.79 Å². The van der Waals surface area contributed by atoms with E-state index in [1.165, 1.54) is 11.0 Å². The maximum Gasteiger partial charge on any atom is 0.408 e. The highest BCUT2D eigenvalue weighted by molar-refractivity contribution is 5.93. The molecule has 8 heteroatoms. The number of amides is 3. The lowest BCUT2D eigenvalue weighted by Gasteiger charge is -2.45. The number of aromatic hydroxyl groups is 1. The molecule has 0 aromatic heterocycles. The van der Waals surface area contributed by atoms with Gasteiger partial charge in [-0.2, -0.15) is 0 Å². The zero-order valence-corrected chi connectivity index (χ0v) is 24.5. The number of benzene rings is 1. The number of alkyl carbamates (subject to hydrolysis) is 1. The highest BCUT2D eigenvalue weighted by atomic mass is 16.6. The van der Waals surface area contributed by atoms with Gasteiger partial charge in [0.2, 0.25) is 11.8 Å². The van der Waals surface area contributed by atoms with Crippen LogP contribution in [0.2, 0.25) is 0 Å². The third-order valence-electron chi connectivity index (χ3n) is 6.75. The minimum atomic E-state index is -1.10. The van der Waals surface area contributed by atoms with E-state index in [2.05, 4.69) is 10.6 Å². The van der Waals surface area contributed by atoms with Crippen LogP contribution in [0.1, 0.15) is 107 Å². The predicted molar refractivity (Wildman–Crippen MR) is 147 cm³/mol.